The van der Waals surface area contributed by atoms with Gasteiger partial charge in [0, 0.05) is 12.2 Å². The lowest BCUT2D eigenvalue weighted by Gasteiger charge is -2.11. The van der Waals surface area contributed by atoms with Crippen LogP contribution >= 0.6 is 0 Å². The minimum atomic E-state index is 0.178. The van der Waals surface area contributed by atoms with Gasteiger partial charge in [-0.3, -0.25) is 0 Å². The Labute approximate surface area is 187 Å². The fraction of sp³-hybridized carbons (Fsp3) is 0.391. The minimum Gasteiger partial charge on any atom is -0.497 e. The molecule has 9 nitrogen and oxygen atoms in total. The smallest absolute Gasteiger partial charge is 0.192 e. The van der Waals surface area contributed by atoms with E-state index in [1.54, 1.807) is 24.2 Å². The summed E-state index contributed by atoms with van der Waals surface area (Å²) in [5.74, 6) is 1.36. The van der Waals surface area contributed by atoms with E-state index in [4.69, 9.17) is 14.6 Å². The first-order chi connectivity index (χ1) is 15.5. The molecule has 4 aromatic rings. The van der Waals surface area contributed by atoms with Gasteiger partial charge in [-0.25, -0.2) is 14.5 Å². The highest BCUT2D eigenvalue weighted by atomic mass is 16.6. The maximum Gasteiger partial charge on any atom is 0.192 e. The average Bonchev–Trinajstić information content (AvgIpc) is 3.31. The summed E-state index contributed by atoms with van der Waals surface area (Å²) >= 11 is 0. The van der Waals surface area contributed by atoms with Gasteiger partial charge in [-0.15, -0.1) is 5.10 Å². The highest BCUT2D eigenvalue weighted by Crippen LogP contribution is 2.27. The normalized spacial score (nSPS) is 11.9. The predicted octanol–water partition coefficient (Wildman–Crippen LogP) is 3.21. The average molecular weight is 436 g/mol. The maximum absolute atomic E-state index is 5.43. The second-order valence-electron chi connectivity index (χ2n) is 8.04. The molecule has 32 heavy (non-hydrogen) atoms. The number of nitrogens with zero attached hydrogens (tertiary/aromatic N) is 7. The maximum atomic E-state index is 5.43. The molecule has 1 aromatic carbocycles. The molecule has 0 aliphatic carbocycles. The van der Waals surface area contributed by atoms with Crippen LogP contribution in [-0.4, -0.2) is 63.0 Å². The standard InChI is InChI=1S/C23H29N7O2/c1-16-17(2)29(12-6-11-28(3)4)22-21(16)23-26-20(27-30(23)15-24-22)14-32-25-13-18-7-9-19(31-5)10-8-18/h7-10,13,15H,6,11-12,14H2,1-5H3. The van der Waals surface area contributed by atoms with Crippen molar-refractivity contribution >= 4 is 22.9 Å². The molecule has 168 valence electrons. The molecule has 0 radical (unpaired) electrons. The summed E-state index contributed by atoms with van der Waals surface area (Å²) in [6.07, 6.45) is 4.42. The summed E-state index contributed by atoms with van der Waals surface area (Å²) in [5, 5.41) is 9.57. The zero-order valence-electron chi connectivity index (χ0n) is 19.2. The van der Waals surface area contributed by atoms with Gasteiger partial charge in [0.1, 0.15) is 17.7 Å². The Kier molecular flexibility index (Phi) is 6.36. The fourth-order valence-corrected chi connectivity index (χ4v) is 3.74. The van der Waals surface area contributed by atoms with Crippen LogP contribution in [-0.2, 0) is 18.0 Å². The molecule has 0 amide bonds. The van der Waals surface area contributed by atoms with Gasteiger partial charge in [-0.2, -0.15) is 0 Å². The third-order valence-electron chi connectivity index (χ3n) is 5.56. The molecule has 4 rings (SSSR count). The summed E-state index contributed by atoms with van der Waals surface area (Å²) in [7, 11) is 5.82. The SMILES string of the molecule is COc1ccc(C=NOCc2nc3c4c(C)c(C)n(CCCN(C)C)c4ncn3n2)cc1. The molecule has 0 aliphatic heterocycles. The molecule has 3 aromatic heterocycles. The monoisotopic (exact) mass is 435 g/mol. The first kappa shape index (κ1) is 21.8. The molecule has 0 saturated heterocycles. The topological polar surface area (TPSA) is 82.1 Å². The second-order valence-corrected chi connectivity index (χ2v) is 8.04. The van der Waals surface area contributed by atoms with Gasteiger partial charge in [-0.05, 0) is 76.3 Å². The van der Waals surface area contributed by atoms with Gasteiger partial charge in [0.2, 0.25) is 0 Å². The Morgan fingerprint density at radius 2 is 1.91 bits per heavy atom. The van der Waals surface area contributed by atoms with Gasteiger partial charge < -0.3 is 19.0 Å². The molecular weight excluding hydrogens is 406 g/mol. The number of oxime groups is 1. The van der Waals surface area contributed by atoms with Crippen LogP contribution in [0.1, 0.15) is 29.1 Å². The number of aryl methyl sites for hydroxylation is 2. The van der Waals surface area contributed by atoms with E-state index < -0.39 is 0 Å². The van der Waals surface area contributed by atoms with E-state index in [0.29, 0.717) is 5.82 Å². The number of hydrogen-bond donors (Lipinski definition) is 0. The van der Waals surface area contributed by atoms with E-state index in [1.807, 2.05) is 24.3 Å². The van der Waals surface area contributed by atoms with Crippen LogP contribution in [0.3, 0.4) is 0 Å². The largest absolute Gasteiger partial charge is 0.497 e. The van der Waals surface area contributed by atoms with Crippen molar-refractivity contribution in [3.05, 3.63) is 53.2 Å². The number of benzene rings is 1. The van der Waals surface area contributed by atoms with Crippen molar-refractivity contribution < 1.29 is 9.57 Å². The fourth-order valence-electron chi connectivity index (χ4n) is 3.74. The number of hydrogen-bond acceptors (Lipinski definition) is 7. The summed E-state index contributed by atoms with van der Waals surface area (Å²) in [6.45, 7) is 6.38. The van der Waals surface area contributed by atoms with Gasteiger partial charge >= 0.3 is 0 Å². The number of rotatable bonds is 9. The Hall–Kier alpha value is -3.46. The van der Waals surface area contributed by atoms with Crippen molar-refractivity contribution in [1.82, 2.24) is 29.0 Å². The quantitative estimate of drug-likeness (QED) is 0.297. The van der Waals surface area contributed by atoms with Crippen LogP contribution in [0.25, 0.3) is 16.7 Å². The zero-order valence-corrected chi connectivity index (χ0v) is 19.2. The lowest BCUT2D eigenvalue weighted by molar-refractivity contribution is 0.126. The van der Waals surface area contributed by atoms with Crippen LogP contribution in [0.5, 0.6) is 5.75 Å². The van der Waals surface area contributed by atoms with Crippen LogP contribution < -0.4 is 4.74 Å². The number of fused-ring (bicyclic) bond motifs is 3. The first-order valence-electron chi connectivity index (χ1n) is 10.6. The van der Waals surface area contributed by atoms with Crippen molar-refractivity contribution in [2.24, 2.45) is 5.16 Å². The van der Waals surface area contributed by atoms with E-state index in [9.17, 15) is 0 Å². The Bertz CT molecular complexity index is 1240. The third-order valence-corrected chi connectivity index (χ3v) is 5.56. The summed E-state index contributed by atoms with van der Waals surface area (Å²) in [4.78, 5) is 17.0. The van der Waals surface area contributed by atoms with Gasteiger partial charge in [0.15, 0.2) is 18.1 Å². The highest BCUT2D eigenvalue weighted by Gasteiger charge is 2.18. The lowest BCUT2D eigenvalue weighted by Crippen LogP contribution is -2.15. The zero-order chi connectivity index (χ0) is 22.7. The molecule has 0 N–H and O–H groups in total. The van der Waals surface area contributed by atoms with E-state index in [1.165, 1.54) is 11.3 Å². The Balaban J connectivity index is 1.51. The highest BCUT2D eigenvalue weighted by molar-refractivity contribution is 5.93. The summed E-state index contributed by atoms with van der Waals surface area (Å²) < 4.78 is 9.14. The molecule has 0 unspecified atom stereocenters. The number of methoxy groups -OCH3 is 1. The second kappa shape index (κ2) is 9.35. The summed E-state index contributed by atoms with van der Waals surface area (Å²) in [5.41, 5.74) is 5.05. The number of ether oxygens (including phenoxy) is 1. The predicted molar refractivity (Wildman–Crippen MR) is 124 cm³/mol. The molecule has 9 heteroatoms. The van der Waals surface area contributed by atoms with Crippen LogP contribution in [0, 0.1) is 13.8 Å². The van der Waals surface area contributed by atoms with Crippen molar-refractivity contribution in [3.8, 4) is 5.75 Å². The van der Waals surface area contributed by atoms with E-state index >= 15 is 0 Å². The summed E-state index contributed by atoms with van der Waals surface area (Å²) in [6, 6.07) is 7.57. The minimum absolute atomic E-state index is 0.178. The molecule has 3 heterocycles. The van der Waals surface area contributed by atoms with E-state index in [0.717, 1.165) is 47.5 Å². The van der Waals surface area contributed by atoms with Crippen LogP contribution in [0.2, 0.25) is 0 Å². The van der Waals surface area contributed by atoms with Crippen LogP contribution in [0.15, 0.2) is 35.7 Å². The van der Waals surface area contributed by atoms with Crippen molar-refractivity contribution in [2.75, 3.05) is 27.7 Å². The Morgan fingerprint density at radius 1 is 1.12 bits per heavy atom. The van der Waals surface area contributed by atoms with E-state index in [-0.39, 0.29) is 6.61 Å². The van der Waals surface area contributed by atoms with E-state index in [2.05, 4.69) is 52.6 Å². The third kappa shape index (κ3) is 4.43. The van der Waals surface area contributed by atoms with Crippen molar-refractivity contribution in [2.45, 2.75) is 33.4 Å². The Morgan fingerprint density at radius 3 is 2.62 bits per heavy atom. The van der Waals surface area contributed by atoms with Crippen molar-refractivity contribution in [1.29, 1.82) is 0 Å². The van der Waals surface area contributed by atoms with Gasteiger partial charge in [-0.1, -0.05) is 5.16 Å². The first-order valence-corrected chi connectivity index (χ1v) is 10.6. The molecule has 0 spiro atoms. The number of aromatic nitrogens is 5. The van der Waals surface area contributed by atoms with Crippen LogP contribution in [0.4, 0.5) is 0 Å². The molecule has 0 bridgehead atoms. The molecule has 0 aliphatic rings. The van der Waals surface area contributed by atoms with Crippen molar-refractivity contribution in [3.63, 3.8) is 0 Å². The molecular formula is C23H29N7O2. The lowest BCUT2D eigenvalue weighted by atomic mass is 10.2. The van der Waals surface area contributed by atoms with Gasteiger partial charge in [0.25, 0.3) is 0 Å². The molecule has 0 saturated carbocycles. The van der Waals surface area contributed by atoms with Gasteiger partial charge in [0.05, 0.1) is 18.7 Å². The molecule has 0 atom stereocenters. The molecule has 0 fully saturated rings.